The van der Waals surface area contributed by atoms with Crippen LogP contribution in [0.4, 0.5) is 0 Å². The van der Waals surface area contributed by atoms with Gasteiger partial charge in [-0.3, -0.25) is 14.4 Å². The van der Waals surface area contributed by atoms with Crippen molar-refractivity contribution in [3.63, 3.8) is 0 Å². The fourth-order valence-electron chi connectivity index (χ4n) is 0.758. The maximum Gasteiger partial charge on any atom is 0.322 e. The van der Waals surface area contributed by atoms with Crippen molar-refractivity contribution < 1.29 is 24.2 Å². The van der Waals surface area contributed by atoms with Crippen LogP contribution in [0.3, 0.4) is 0 Å². The van der Waals surface area contributed by atoms with Crippen LogP contribution in [0.2, 0.25) is 0 Å². The second-order valence-corrected chi connectivity index (χ2v) is 2.60. The fraction of sp³-hybridized carbons (Fsp3) is 0.625. The highest BCUT2D eigenvalue weighted by Gasteiger charge is 2.05. The second kappa shape index (κ2) is 6.88. The number of hydrogen-bond donors (Lipinski definition) is 2. The van der Waals surface area contributed by atoms with Crippen molar-refractivity contribution in [2.45, 2.75) is 19.3 Å². The highest BCUT2D eigenvalue weighted by Crippen LogP contribution is 1.96. The number of carboxylic acid groups (broad SMARTS) is 1. The van der Waals surface area contributed by atoms with E-state index in [4.69, 9.17) is 5.11 Å². The predicted octanol–water partition coefficient (Wildman–Crippen LogP) is -0.469. The van der Waals surface area contributed by atoms with Gasteiger partial charge >= 0.3 is 11.9 Å². The Morgan fingerprint density at radius 2 is 1.93 bits per heavy atom. The minimum atomic E-state index is -1.09. The van der Waals surface area contributed by atoms with Gasteiger partial charge in [-0.25, -0.2) is 0 Å². The third-order valence-electron chi connectivity index (χ3n) is 1.45. The number of carbonyl (C=O) groups excluding carboxylic acids is 2. The molecule has 0 saturated carbocycles. The topological polar surface area (TPSA) is 92.7 Å². The maximum atomic E-state index is 10.9. The van der Waals surface area contributed by atoms with Gasteiger partial charge in [0.2, 0.25) is 5.91 Å². The van der Waals surface area contributed by atoms with E-state index in [1.165, 1.54) is 7.11 Å². The van der Waals surface area contributed by atoms with Crippen LogP contribution in [0.1, 0.15) is 19.3 Å². The zero-order valence-corrected chi connectivity index (χ0v) is 7.91. The average Bonchev–Trinajstić information content (AvgIpc) is 2.14. The van der Waals surface area contributed by atoms with Crippen molar-refractivity contribution in [3.05, 3.63) is 0 Å². The van der Waals surface area contributed by atoms with Gasteiger partial charge in [0.05, 0.1) is 7.11 Å². The van der Waals surface area contributed by atoms with Gasteiger partial charge in [0.15, 0.2) is 0 Å². The van der Waals surface area contributed by atoms with E-state index in [9.17, 15) is 14.4 Å². The van der Waals surface area contributed by atoms with Gasteiger partial charge < -0.3 is 15.2 Å². The minimum Gasteiger partial charge on any atom is -0.480 e. The lowest BCUT2D eigenvalue weighted by molar-refractivity contribution is -0.141. The number of ether oxygens (including phenoxy) is 1. The SMILES string of the molecule is COC(=O)CCCC(=O)NCC(=O)O. The molecule has 0 aromatic rings. The van der Waals surface area contributed by atoms with Gasteiger partial charge in [-0.05, 0) is 6.42 Å². The molecule has 0 aliphatic heterocycles. The molecule has 6 heteroatoms. The molecule has 80 valence electrons. The number of hydrogen-bond acceptors (Lipinski definition) is 4. The molecule has 6 nitrogen and oxygen atoms in total. The molecule has 0 aromatic heterocycles. The fourth-order valence-corrected chi connectivity index (χ4v) is 0.758. The molecule has 0 aliphatic rings. The highest BCUT2D eigenvalue weighted by atomic mass is 16.5. The van der Waals surface area contributed by atoms with Crippen molar-refractivity contribution in [3.8, 4) is 0 Å². The molecular weight excluding hydrogens is 190 g/mol. The Bertz CT molecular complexity index is 226. The van der Waals surface area contributed by atoms with Crippen molar-refractivity contribution in [2.24, 2.45) is 0 Å². The van der Waals surface area contributed by atoms with E-state index in [-0.39, 0.29) is 24.7 Å². The van der Waals surface area contributed by atoms with Gasteiger partial charge in [-0.2, -0.15) is 0 Å². The Balaban J connectivity index is 3.45. The molecular formula is C8H13NO5. The molecule has 0 aliphatic carbocycles. The van der Waals surface area contributed by atoms with Crippen molar-refractivity contribution in [1.29, 1.82) is 0 Å². The van der Waals surface area contributed by atoms with Crippen LogP contribution in [0.5, 0.6) is 0 Å². The van der Waals surface area contributed by atoms with Gasteiger partial charge in [-0.1, -0.05) is 0 Å². The summed E-state index contributed by atoms with van der Waals surface area (Å²) >= 11 is 0. The molecule has 1 amide bonds. The number of rotatable bonds is 6. The summed E-state index contributed by atoms with van der Waals surface area (Å²) in [6.45, 7) is -0.392. The number of methoxy groups -OCH3 is 1. The number of carboxylic acids is 1. The van der Waals surface area contributed by atoms with Crippen LogP contribution < -0.4 is 5.32 Å². The number of carbonyl (C=O) groups is 3. The van der Waals surface area contributed by atoms with Crippen LogP contribution in [0.25, 0.3) is 0 Å². The van der Waals surface area contributed by atoms with Crippen LogP contribution in [-0.4, -0.2) is 36.6 Å². The quantitative estimate of drug-likeness (QED) is 0.569. The second-order valence-electron chi connectivity index (χ2n) is 2.60. The van der Waals surface area contributed by atoms with Crippen molar-refractivity contribution in [1.82, 2.24) is 5.32 Å². The molecule has 0 fully saturated rings. The van der Waals surface area contributed by atoms with Gasteiger partial charge in [0.1, 0.15) is 6.54 Å². The van der Waals surface area contributed by atoms with E-state index in [2.05, 4.69) is 10.1 Å². The van der Waals surface area contributed by atoms with Crippen LogP contribution in [0.15, 0.2) is 0 Å². The Kier molecular flexibility index (Phi) is 6.09. The van der Waals surface area contributed by atoms with E-state index in [1.807, 2.05) is 0 Å². The number of esters is 1. The maximum absolute atomic E-state index is 10.9. The molecule has 0 spiro atoms. The first-order valence-corrected chi connectivity index (χ1v) is 4.11. The first kappa shape index (κ1) is 12.4. The molecule has 0 aromatic carbocycles. The lowest BCUT2D eigenvalue weighted by Crippen LogP contribution is -2.29. The summed E-state index contributed by atoms with van der Waals surface area (Å²) in [5.74, 6) is -1.85. The summed E-state index contributed by atoms with van der Waals surface area (Å²) < 4.78 is 4.37. The molecule has 2 N–H and O–H groups in total. The molecule has 14 heavy (non-hydrogen) atoms. The van der Waals surface area contributed by atoms with E-state index in [1.54, 1.807) is 0 Å². The minimum absolute atomic E-state index is 0.127. The highest BCUT2D eigenvalue weighted by molar-refractivity contribution is 5.81. The molecule has 0 atom stereocenters. The zero-order chi connectivity index (χ0) is 11.0. The number of aliphatic carboxylic acids is 1. The Morgan fingerprint density at radius 1 is 1.29 bits per heavy atom. The summed E-state index contributed by atoms with van der Waals surface area (Å²) in [5, 5.41) is 10.4. The lowest BCUT2D eigenvalue weighted by Gasteiger charge is -2.01. The van der Waals surface area contributed by atoms with E-state index >= 15 is 0 Å². The number of amides is 1. The van der Waals surface area contributed by atoms with Crippen LogP contribution >= 0.6 is 0 Å². The first-order chi connectivity index (χ1) is 6.56. The molecule has 0 saturated heterocycles. The Hall–Kier alpha value is -1.59. The average molecular weight is 203 g/mol. The van der Waals surface area contributed by atoms with Crippen molar-refractivity contribution in [2.75, 3.05) is 13.7 Å². The van der Waals surface area contributed by atoms with Gasteiger partial charge in [0, 0.05) is 12.8 Å². The molecule has 0 heterocycles. The third-order valence-corrected chi connectivity index (χ3v) is 1.45. The summed E-state index contributed by atoms with van der Waals surface area (Å²) in [7, 11) is 1.27. The Labute approximate surface area is 81.2 Å². The largest absolute Gasteiger partial charge is 0.480 e. The molecule has 0 radical (unpaired) electrons. The normalized spacial score (nSPS) is 9.21. The van der Waals surface area contributed by atoms with E-state index < -0.39 is 12.5 Å². The summed E-state index contributed by atoms with van der Waals surface area (Å²) in [4.78, 5) is 31.5. The van der Waals surface area contributed by atoms with E-state index in [0.717, 1.165) is 0 Å². The molecule has 0 rings (SSSR count). The van der Waals surface area contributed by atoms with Crippen LogP contribution in [-0.2, 0) is 19.1 Å². The monoisotopic (exact) mass is 203 g/mol. The smallest absolute Gasteiger partial charge is 0.322 e. The zero-order valence-electron chi connectivity index (χ0n) is 7.91. The third kappa shape index (κ3) is 7.08. The molecule has 0 bridgehead atoms. The lowest BCUT2D eigenvalue weighted by atomic mass is 10.2. The summed E-state index contributed by atoms with van der Waals surface area (Å²) in [6, 6.07) is 0. The Morgan fingerprint density at radius 3 is 2.43 bits per heavy atom. The van der Waals surface area contributed by atoms with Gasteiger partial charge in [0.25, 0.3) is 0 Å². The standard InChI is InChI=1S/C8H13NO5/c1-14-8(13)4-2-3-6(10)9-5-7(11)12/h2-5H2,1H3,(H,9,10)(H,11,12). The summed E-state index contributed by atoms with van der Waals surface area (Å²) in [5.41, 5.74) is 0. The van der Waals surface area contributed by atoms with Crippen molar-refractivity contribution >= 4 is 17.8 Å². The predicted molar refractivity (Wildman–Crippen MR) is 46.5 cm³/mol. The summed E-state index contributed by atoms with van der Waals surface area (Å²) in [6.07, 6.45) is 0.650. The first-order valence-electron chi connectivity index (χ1n) is 4.11. The van der Waals surface area contributed by atoms with Gasteiger partial charge in [-0.15, -0.1) is 0 Å². The molecule has 0 unspecified atom stereocenters. The van der Waals surface area contributed by atoms with Crippen LogP contribution in [0, 0.1) is 0 Å². The van der Waals surface area contributed by atoms with E-state index in [0.29, 0.717) is 6.42 Å². The number of nitrogens with one attached hydrogen (secondary N) is 1.